The first kappa shape index (κ1) is 14.4. The molecule has 1 fully saturated rings. The molecule has 0 aliphatic heterocycles. The van der Waals surface area contributed by atoms with E-state index in [0.29, 0.717) is 5.54 Å². The summed E-state index contributed by atoms with van der Waals surface area (Å²) in [5.41, 5.74) is 1.55. The van der Waals surface area contributed by atoms with Gasteiger partial charge in [0.1, 0.15) is 5.75 Å². The maximum Gasteiger partial charge on any atom is 0.137 e. The molecular weight excluding hydrogens is 358 g/mol. The molecule has 0 heterocycles. The lowest BCUT2D eigenvalue weighted by Crippen LogP contribution is -2.49. The van der Waals surface area contributed by atoms with Crippen molar-refractivity contribution < 1.29 is 4.74 Å². The lowest BCUT2D eigenvalue weighted by molar-refractivity contribution is 0.175. The molecule has 0 bridgehead atoms. The number of ether oxygens (including phenoxy) is 1. The summed E-state index contributed by atoms with van der Waals surface area (Å²) in [6, 6.07) is 4.14. The van der Waals surface area contributed by atoms with Gasteiger partial charge in [0.2, 0.25) is 0 Å². The van der Waals surface area contributed by atoms with Crippen LogP contribution in [0, 0.1) is 0 Å². The maximum atomic E-state index is 5.47. The van der Waals surface area contributed by atoms with Gasteiger partial charge < -0.3 is 10.1 Å². The average molecular weight is 377 g/mol. The monoisotopic (exact) mass is 375 g/mol. The van der Waals surface area contributed by atoms with Gasteiger partial charge in [0.05, 0.1) is 11.6 Å². The molecule has 1 aliphatic rings. The van der Waals surface area contributed by atoms with Crippen LogP contribution in [-0.4, -0.2) is 12.6 Å². The third-order valence-corrected chi connectivity index (χ3v) is 4.98. The highest BCUT2D eigenvalue weighted by molar-refractivity contribution is 9.11. The number of hydrogen-bond donors (Lipinski definition) is 1. The van der Waals surface area contributed by atoms with Gasteiger partial charge in [-0.3, -0.25) is 0 Å². The highest BCUT2D eigenvalue weighted by Gasteiger charge is 2.34. The van der Waals surface area contributed by atoms with Crippen molar-refractivity contribution in [1.29, 1.82) is 0 Å². The zero-order chi connectivity index (χ0) is 13.2. The molecule has 1 aromatic carbocycles. The number of hydrogen-bond acceptors (Lipinski definition) is 2. The third-order valence-electron chi connectivity index (χ3n) is 3.93. The van der Waals surface area contributed by atoms with Crippen LogP contribution in [-0.2, 0) is 6.54 Å². The molecule has 1 aromatic rings. The van der Waals surface area contributed by atoms with Gasteiger partial charge in [-0.15, -0.1) is 0 Å². The summed E-state index contributed by atoms with van der Waals surface area (Å²) in [6.45, 7) is 3.12. The van der Waals surface area contributed by atoms with Crippen molar-refractivity contribution in [2.45, 2.75) is 44.7 Å². The summed E-state index contributed by atoms with van der Waals surface area (Å²) < 4.78 is 7.54. The van der Waals surface area contributed by atoms with E-state index in [4.69, 9.17) is 4.74 Å². The second-order valence-corrected chi connectivity index (χ2v) is 6.69. The Kier molecular flexibility index (Phi) is 4.73. The highest BCUT2D eigenvalue weighted by atomic mass is 79.9. The summed E-state index contributed by atoms with van der Waals surface area (Å²) in [6.07, 6.45) is 5.13. The number of rotatable bonds is 5. The van der Waals surface area contributed by atoms with Crippen LogP contribution in [0.3, 0.4) is 0 Å². The van der Waals surface area contributed by atoms with Crippen molar-refractivity contribution in [3.8, 4) is 5.75 Å². The normalized spacial score (nSPS) is 17.3. The highest BCUT2D eigenvalue weighted by Crippen LogP contribution is 2.37. The second kappa shape index (κ2) is 5.93. The molecule has 0 radical (unpaired) electrons. The van der Waals surface area contributed by atoms with Gasteiger partial charge in [0.25, 0.3) is 0 Å². The van der Waals surface area contributed by atoms with Crippen LogP contribution in [0.25, 0.3) is 0 Å². The van der Waals surface area contributed by atoms with Gasteiger partial charge in [-0.25, -0.2) is 0 Å². The molecule has 0 amide bonds. The number of benzene rings is 1. The summed E-state index contributed by atoms with van der Waals surface area (Å²) in [5.74, 6) is 0.927. The Morgan fingerprint density at radius 3 is 2.56 bits per heavy atom. The Balaban J connectivity index is 2.13. The Hall–Kier alpha value is -0.0600. The molecule has 18 heavy (non-hydrogen) atoms. The predicted molar refractivity (Wildman–Crippen MR) is 82.1 cm³/mol. The zero-order valence-corrected chi connectivity index (χ0v) is 14.0. The van der Waals surface area contributed by atoms with Gasteiger partial charge in [-0.05, 0) is 53.7 Å². The molecule has 0 atom stereocenters. The van der Waals surface area contributed by atoms with Gasteiger partial charge in [0.15, 0.2) is 0 Å². The van der Waals surface area contributed by atoms with E-state index >= 15 is 0 Å². The van der Waals surface area contributed by atoms with E-state index in [0.717, 1.165) is 21.2 Å². The molecule has 4 heteroatoms. The van der Waals surface area contributed by atoms with Crippen LogP contribution in [0.4, 0.5) is 0 Å². The van der Waals surface area contributed by atoms with Crippen molar-refractivity contribution in [2.24, 2.45) is 0 Å². The second-order valence-electron chi connectivity index (χ2n) is 4.92. The van der Waals surface area contributed by atoms with E-state index in [1.165, 1.54) is 31.2 Å². The fourth-order valence-corrected chi connectivity index (χ4v) is 3.99. The maximum absolute atomic E-state index is 5.47. The van der Waals surface area contributed by atoms with E-state index in [1.54, 1.807) is 7.11 Å². The fraction of sp³-hybridized carbons (Fsp3) is 0.571. The summed E-state index contributed by atoms with van der Waals surface area (Å²) in [5, 5.41) is 3.71. The standard InChI is InChI=1S/C14H19Br2NO/c1-3-14(5-4-6-14)17-9-10-7-11(15)8-12(16)13(10)18-2/h7-8,17H,3-6,9H2,1-2H3. The lowest BCUT2D eigenvalue weighted by atomic mass is 9.75. The van der Waals surface area contributed by atoms with Crippen LogP contribution in [0.2, 0.25) is 0 Å². The van der Waals surface area contributed by atoms with E-state index in [1.807, 2.05) is 6.07 Å². The van der Waals surface area contributed by atoms with E-state index in [9.17, 15) is 0 Å². The Bertz CT molecular complexity index is 425. The molecule has 0 saturated heterocycles. The first-order valence-electron chi connectivity index (χ1n) is 6.37. The first-order valence-corrected chi connectivity index (χ1v) is 7.96. The zero-order valence-electron chi connectivity index (χ0n) is 10.9. The minimum atomic E-state index is 0.361. The molecule has 1 saturated carbocycles. The summed E-state index contributed by atoms with van der Waals surface area (Å²) in [4.78, 5) is 0. The van der Waals surface area contributed by atoms with E-state index in [2.05, 4.69) is 50.2 Å². The summed E-state index contributed by atoms with van der Waals surface area (Å²) >= 11 is 7.08. The quantitative estimate of drug-likeness (QED) is 0.807. The average Bonchev–Trinajstić information content (AvgIpc) is 2.27. The third kappa shape index (κ3) is 2.91. The largest absolute Gasteiger partial charge is 0.495 e. The summed E-state index contributed by atoms with van der Waals surface area (Å²) in [7, 11) is 1.72. The number of halogens is 2. The molecular formula is C14H19Br2NO. The number of methoxy groups -OCH3 is 1. The van der Waals surface area contributed by atoms with Crippen LogP contribution >= 0.6 is 31.9 Å². The molecule has 2 rings (SSSR count). The van der Waals surface area contributed by atoms with E-state index in [-0.39, 0.29) is 0 Å². The fourth-order valence-electron chi connectivity index (χ4n) is 2.52. The van der Waals surface area contributed by atoms with Crippen molar-refractivity contribution in [1.82, 2.24) is 5.32 Å². The lowest BCUT2D eigenvalue weighted by Gasteiger charge is -2.42. The molecule has 0 aromatic heterocycles. The van der Waals surface area contributed by atoms with Gasteiger partial charge in [0, 0.05) is 22.1 Å². The van der Waals surface area contributed by atoms with Gasteiger partial charge in [-0.2, -0.15) is 0 Å². The molecule has 0 unspecified atom stereocenters. The first-order chi connectivity index (χ1) is 8.60. The van der Waals surface area contributed by atoms with E-state index < -0.39 is 0 Å². The Morgan fingerprint density at radius 1 is 1.33 bits per heavy atom. The van der Waals surface area contributed by atoms with Crippen LogP contribution in [0.15, 0.2) is 21.1 Å². The molecule has 2 nitrogen and oxygen atoms in total. The SMILES string of the molecule is CCC1(NCc2cc(Br)cc(Br)c2OC)CCC1. The minimum absolute atomic E-state index is 0.361. The van der Waals surface area contributed by atoms with Gasteiger partial charge >= 0.3 is 0 Å². The van der Waals surface area contributed by atoms with Crippen molar-refractivity contribution >= 4 is 31.9 Å². The smallest absolute Gasteiger partial charge is 0.137 e. The van der Waals surface area contributed by atoms with Crippen molar-refractivity contribution in [2.75, 3.05) is 7.11 Å². The van der Waals surface area contributed by atoms with Crippen molar-refractivity contribution in [3.63, 3.8) is 0 Å². The van der Waals surface area contributed by atoms with Crippen LogP contribution in [0.1, 0.15) is 38.2 Å². The number of nitrogens with one attached hydrogen (secondary N) is 1. The molecule has 100 valence electrons. The minimum Gasteiger partial charge on any atom is -0.495 e. The Labute approximate surface area is 126 Å². The van der Waals surface area contributed by atoms with Gasteiger partial charge in [-0.1, -0.05) is 22.9 Å². The Morgan fingerprint density at radius 2 is 2.06 bits per heavy atom. The molecule has 1 N–H and O–H groups in total. The predicted octanol–water partition coefficient (Wildman–Crippen LogP) is 4.64. The molecule has 0 spiro atoms. The van der Waals surface area contributed by atoms with Crippen LogP contribution in [0.5, 0.6) is 5.75 Å². The van der Waals surface area contributed by atoms with Crippen molar-refractivity contribution in [3.05, 3.63) is 26.6 Å². The molecule has 1 aliphatic carbocycles. The van der Waals surface area contributed by atoms with Crippen LogP contribution < -0.4 is 10.1 Å². The topological polar surface area (TPSA) is 21.3 Å².